The normalized spacial score (nSPS) is 9.86. The van der Waals surface area contributed by atoms with Crippen LogP contribution in [0, 0.1) is 11.3 Å². The summed E-state index contributed by atoms with van der Waals surface area (Å²) in [5.41, 5.74) is -0.141. The van der Waals surface area contributed by atoms with Crippen LogP contribution in [0.15, 0.2) is 0 Å². The third-order valence-electron chi connectivity index (χ3n) is 2.67. The summed E-state index contributed by atoms with van der Waals surface area (Å²) in [4.78, 5) is 24.2. The Morgan fingerprint density at radius 2 is 2.14 bits per heavy atom. The van der Waals surface area contributed by atoms with Gasteiger partial charge in [0.15, 0.2) is 5.56 Å². The van der Waals surface area contributed by atoms with Gasteiger partial charge in [0.05, 0.1) is 12.7 Å². The fourth-order valence-electron chi connectivity index (χ4n) is 1.51. The van der Waals surface area contributed by atoms with E-state index in [0.29, 0.717) is 19.4 Å². The van der Waals surface area contributed by atoms with E-state index >= 15 is 0 Å². The van der Waals surface area contributed by atoms with Gasteiger partial charge >= 0.3 is 12.0 Å². The molecule has 0 fully saturated rings. The standard InChI is InChI=1S/C13H18N4O4S/c1-17(2)13(20)15-11-9(12(18)19)10(16-22-11)21-8-6-4-3-5-7-14/h3-6,8H2,1-2H3,(H,15,20)(H,18,19). The SMILES string of the molecule is CN(C)C(=O)Nc1snc(OCCCCCC#N)c1C(=O)O. The lowest BCUT2D eigenvalue weighted by molar-refractivity contribution is 0.0693. The van der Waals surface area contributed by atoms with Crippen molar-refractivity contribution < 1.29 is 19.4 Å². The lowest BCUT2D eigenvalue weighted by atomic mass is 10.2. The smallest absolute Gasteiger partial charge is 0.344 e. The average Bonchev–Trinajstić information content (AvgIpc) is 2.85. The van der Waals surface area contributed by atoms with Gasteiger partial charge in [0.25, 0.3) is 0 Å². The van der Waals surface area contributed by atoms with E-state index in [1.54, 1.807) is 14.1 Å². The highest BCUT2D eigenvalue weighted by atomic mass is 32.1. The van der Waals surface area contributed by atoms with Gasteiger partial charge in [0.2, 0.25) is 5.88 Å². The number of carboxylic acids is 1. The van der Waals surface area contributed by atoms with Crippen molar-refractivity contribution in [2.24, 2.45) is 0 Å². The number of anilines is 1. The van der Waals surface area contributed by atoms with Gasteiger partial charge in [-0.1, -0.05) is 0 Å². The molecule has 9 heteroatoms. The highest BCUT2D eigenvalue weighted by molar-refractivity contribution is 7.11. The molecule has 0 saturated carbocycles. The van der Waals surface area contributed by atoms with Crippen LogP contribution in [0.25, 0.3) is 0 Å². The predicted octanol–water partition coefficient (Wildman–Crippen LogP) is 2.40. The summed E-state index contributed by atoms with van der Waals surface area (Å²) in [6.45, 7) is 0.316. The van der Waals surface area contributed by atoms with Crippen LogP contribution in [0.2, 0.25) is 0 Å². The van der Waals surface area contributed by atoms with Crippen LogP contribution in [0.1, 0.15) is 36.0 Å². The lowest BCUT2D eigenvalue weighted by Crippen LogP contribution is -2.27. The van der Waals surface area contributed by atoms with Crippen molar-refractivity contribution >= 4 is 28.5 Å². The van der Waals surface area contributed by atoms with E-state index < -0.39 is 12.0 Å². The maximum Gasteiger partial charge on any atom is 0.344 e. The molecule has 1 heterocycles. The fourth-order valence-corrected chi connectivity index (χ4v) is 2.23. The minimum Gasteiger partial charge on any atom is -0.477 e. The summed E-state index contributed by atoms with van der Waals surface area (Å²) in [5.74, 6) is -1.20. The number of ether oxygens (including phenoxy) is 1. The number of carbonyl (C=O) groups excluding carboxylic acids is 1. The zero-order chi connectivity index (χ0) is 16.5. The molecule has 1 rings (SSSR count). The van der Waals surface area contributed by atoms with Gasteiger partial charge in [-0.2, -0.15) is 9.64 Å². The van der Waals surface area contributed by atoms with E-state index in [2.05, 4.69) is 15.8 Å². The Bertz CT molecular complexity index is 565. The van der Waals surface area contributed by atoms with Crippen LogP contribution in [0.4, 0.5) is 9.80 Å². The van der Waals surface area contributed by atoms with Gasteiger partial charge < -0.3 is 14.7 Å². The Balaban J connectivity index is 2.64. The molecule has 0 atom stereocenters. The first-order valence-electron chi connectivity index (χ1n) is 6.68. The van der Waals surface area contributed by atoms with Crippen LogP contribution in [0.3, 0.4) is 0 Å². The second-order valence-corrected chi connectivity index (χ2v) is 5.41. The summed E-state index contributed by atoms with van der Waals surface area (Å²) < 4.78 is 9.31. The Morgan fingerprint density at radius 1 is 1.41 bits per heavy atom. The molecule has 2 amide bonds. The van der Waals surface area contributed by atoms with Crippen LogP contribution in [0.5, 0.6) is 5.88 Å². The van der Waals surface area contributed by atoms with Gasteiger partial charge in [-0.15, -0.1) is 0 Å². The number of aromatic nitrogens is 1. The molecule has 8 nitrogen and oxygen atoms in total. The molecule has 0 spiro atoms. The summed E-state index contributed by atoms with van der Waals surface area (Å²) >= 11 is 0.865. The minimum absolute atomic E-state index is 0.00633. The predicted molar refractivity (Wildman–Crippen MR) is 81.4 cm³/mol. The fraction of sp³-hybridized carbons (Fsp3) is 0.538. The third kappa shape index (κ3) is 5.21. The first-order chi connectivity index (χ1) is 10.5. The Kier molecular flexibility index (Phi) is 7.12. The Hall–Kier alpha value is -2.34. The van der Waals surface area contributed by atoms with E-state index in [1.165, 1.54) is 4.90 Å². The molecular weight excluding hydrogens is 308 g/mol. The molecule has 1 aromatic heterocycles. The first-order valence-corrected chi connectivity index (χ1v) is 7.45. The van der Waals surface area contributed by atoms with Gasteiger partial charge in [-0.05, 0) is 30.8 Å². The van der Waals surface area contributed by atoms with Crippen molar-refractivity contribution in [1.82, 2.24) is 9.27 Å². The van der Waals surface area contributed by atoms with Crippen molar-refractivity contribution in [3.05, 3.63) is 5.56 Å². The first kappa shape index (κ1) is 17.7. The van der Waals surface area contributed by atoms with Gasteiger partial charge in [0, 0.05) is 20.5 Å². The molecule has 0 saturated heterocycles. The molecule has 0 bridgehead atoms. The highest BCUT2D eigenvalue weighted by Crippen LogP contribution is 2.30. The lowest BCUT2D eigenvalue weighted by Gasteiger charge is -2.10. The van der Waals surface area contributed by atoms with E-state index in [0.717, 1.165) is 24.4 Å². The molecule has 1 aromatic rings. The molecule has 0 aliphatic heterocycles. The second kappa shape index (κ2) is 8.84. The number of nitriles is 1. The topological polar surface area (TPSA) is 116 Å². The molecule has 120 valence electrons. The summed E-state index contributed by atoms with van der Waals surface area (Å²) in [5, 5.41) is 20.3. The maximum atomic E-state index is 11.6. The number of aromatic carboxylic acids is 1. The summed E-state index contributed by atoms with van der Waals surface area (Å²) in [7, 11) is 3.10. The largest absolute Gasteiger partial charge is 0.477 e. The molecule has 0 aliphatic carbocycles. The van der Waals surface area contributed by atoms with Gasteiger partial charge in [-0.25, -0.2) is 9.59 Å². The number of hydrogen-bond donors (Lipinski definition) is 2. The number of carboxylic acid groups (broad SMARTS) is 1. The van der Waals surface area contributed by atoms with E-state index in [-0.39, 0.29) is 16.4 Å². The number of nitrogens with one attached hydrogen (secondary N) is 1. The Labute approximate surface area is 132 Å². The molecule has 2 N–H and O–H groups in total. The quantitative estimate of drug-likeness (QED) is 0.709. The van der Waals surface area contributed by atoms with Crippen LogP contribution >= 0.6 is 11.5 Å². The van der Waals surface area contributed by atoms with Gasteiger partial charge in [-0.3, -0.25) is 5.32 Å². The van der Waals surface area contributed by atoms with Crippen LogP contribution < -0.4 is 10.1 Å². The molecular formula is C13H18N4O4S. The van der Waals surface area contributed by atoms with Crippen molar-refractivity contribution in [3.63, 3.8) is 0 Å². The number of rotatable bonds is 8. The van der Waals surface area contributed by atoms with Crippen LogP contribution in [-0.2, 0) is 0 Å². The van der Waals surface area contributed by atoms with Crippen LogP contribution in [-0.4, -0.2) is 47.1 Å². The third-order valence-corrected chi connectivity index (χ3v) is 3.42. The summed E-state index contributed by atoms with van der Waals surface area (Å²) in [6, 6.07) is 1.62. The zero-order valence-corrected chi connectivity index (χ0v) is 13.3. The van der Waals surface area contributed by atoms with Gasteiger partial charge in [0.1, 0.15) is 5.00 Å². The number of unbranched alkanes of at least 4 members (excludes halogenated alkanes) is 3. The average molecular weight is 326 g/mol. The highest BCUT2D eigenvalue weighted by Gasteiger charge is 2.23. The summed E-state index contributed by atoms with van der Waals surface area (Å²) in [6.07, 6.45) is 2.81. The van der Waals surface area contributed by atoms with Crippen molar-refractivity contribution in [2.75, 3.05) is 26.0 Å². The van der Waals surface area contributed by atoms with E-state index in [1.807, 2.05) is 0 Å². The monoisotopic (exact) mass is 326 g/mol. The number of hydrogen-bond acceptors (Lipinski definition) is 6. The van der Waals surface area contributed by atoms with Crippen molar-refractivity contribution in [3.8, 4) is 11.9 Å². The second-order valence-electron chi connectivity index (χ2n) is 4.64. The molecule has 0 radical (unpaired) electrons. The zero-order valence-electron chi connectivity index (χ0n) is 12.5. The number of urea groups is 1. The molecule has 0 unspecified atom stereocenters. The molecule has 0 aromatic carbocycles. The number of nitrogens with zero attached hydrogens (tertiary/aromatic N) is 3. The van der Waals surface area contributed by atoms with Crippen molar-refractivity contribution in [1.29, 1.82) is 5.26 Å². The van der Waals surface area contributed by atoms with E-state index in [4.69, 9.17) is 10.00 Å². The van der Waals surface area contributed by atoms with Crippen molar-refractivity contribution in [2.45, 2.75) is 25.7 Å². The number of amides is 2. The minimum atomic E-state index is -1.21. The van der Waals surface area contributed by atoms with E-state index in [9.17, 15) is 14.7 Å². The molecule has 0 aliphatic rings. The Morgan fingerprint density at radius 3 is 2.73 bits per heavy atom. The maximum absolute atomic E-state index is 11.6. The molecule has 22 heavy (non-hydrogen) atoms. The number of carbonyl (C=O) groups is 2.